The van der Waals surface area contributed by atoms with Crippen LogP contribution in [0.3, 0.4) is 0 Å². The first-order valence-corrected chi connectivity index (χ1v) is 20.7. The summed E-state index contributed by atoms with van der Waals surface area (Å²) in [6.07, 6.45) is 16.9. The van der Waals surface area contributed by atoms with Crippen LogP contribution in [0.2, 0.25) is 0 Å². The fraction of sp³-hybridized carbons (Fsp3) is 0.976. The third kappa shape index (κ3) is 5.01. The van der Waals surface area contributed by atoms with Crippen molar-refractivity contribution in [3.05, 3.63) is 0 Å². The SMILES string of the molecule is CC1([C@@H]2CC[C@]3(C(=O)N4CCC(OCCN5CCOCC5)CC4)CC[C@]4(C)[C@H](CC[C@@H]5[C@@]6(C)CC[C@H](O)C(C)(C)[C@@H]6CC[C@]54C)[C@@H]23)CC1. The molecule has 2 aliphatic heterocycles. The zero-order chi connectivity index (χ0) is 33.7. The summed E-state index contributed by atoms with van der Waals surface area (Å²) in [5.41, 5.74) is 1.21. The van der Waals surface area contributed by atoms with Crippen LogP contribution in [0.15, 0.2) is 0 Å². The number of carbonyl (C=O) groups excluding carboxylic acids is 1. The summed E-state index contributed by atoms with van der Waals surface area (Å²) in [6.45, 7) is 22.7. The number of nitrogens with zero attached hydrogens (tertiary/aromatic N) is 2. The van der Waals surface area contributed by atoms with E-state index in [0.29, 0.717) is 45.8 Å². The highest BCUT2D eigenvalue weighted by Crippen LogP contribution is 2.79. The van der Waals surface area contributed by atoms with E-state index in [4.69, 9.17) is 9.47 Å². The van der Waals surface area contributed by atoms with E-state index < -0.39 is 0 Å². The Bertz CT molecular complexity index is 1220. The molecule has 8 aliphatic rings. The number of ether oxygens (including phenoxy) is 2. The Balaban J connectivity index is 1.01. The predicted octanol–water partition coefficient (Wildman–Crippen LogP) is 7.57. The molecule has 0 unspecified atom stereocenters. The summed E-state index contributed by atoms with van der Waals surface area (Å²) in [6, 6.07) is 0. The van der Waals surface area contributed by atoms with Crippen LogP contribution in [0.5, 0.6) is 0 Å². The quantitative estimate of drug-likeness (QED) is 0.317. The van der Waals surface area contributed by atoms with Gasteiger partial charge in [0.2, 0.25) is 5.91 Å². The number of aliphatic hydroxyl groups is 1. The molecule has 48 heavy (non-hydrogen) atoms. The number of hydrogen-bond donors (Lipinski definition) is 1. The molecule has 6 aliphatic carbocycles. The molecule has 6 nitrogen and oxygen atoms in total. The Labute approximate surface area is 292 Å². The molecule has 6 saturated carbocycles. The van der Waals surface area contributed by atoms with E-state index in [1.54, 1.807) is 0 Å². The van der Waals surface area contributed by atoms with Crippen molar-refractivity contribution in [2.45, 2.75) is 144 Å². The highest BCUT2D eigenvalue weighted by Gasteiger charge is 2.73. The van der Waals surface area contributed by atoms with Crippen LogP contribution >= 0.6 is 0 Å². The standard InChI is InChI=1S/C42H70N2O4/c1-37(2)32-10-15-41(6)33(39(32,4)14-11-34(37)45)8-7-31-35-30(38(3)17-18-38)9-16-42(35,20-19-40(31,41)5)36(46)44-21-12-29(13-22-44)48-28-25-43-23-26-47-27-24-43/h29-35,45H,7-28H2,1-6H3/t30-,31-,32+,33-,34+,35-,39+,40-,41-,42+/m1/s1. The van der Waals surface area contributed by atoms with E-state index >= 15 is 4.79 Å². The molecular weight excluding hydrogens is 596 g/mol. The molecule has 0 radical (unpaired) electrons. The summed E-state index contributed by atoms with van der Waals surface area (Å²) in [4.78, 5) is 19.9. The van der Waals surface area contributed by atoms with E-state index in [1.807, 2.05) is 0 Å². The maximum absolute atomic E-state index is 15.1. The van der Waals surface area contributed by atoms with E-state index in [1.165, 1.54) is 57.8 Å². The van der Waals surface area contributed by atoms with Crippen LogP contribution in [-0.4, -0.2) is 85.6 Å². The molecule has 6 heteroatoms. The van der Waals surface area contributed by atoms with Gasteiger partial charge in [-0.05, 0) is 147 Å². The lowest BCUT2D eigenvalue weighted by Gasteiger charge is -2.73. The molecule has 0 aromatic carbocycles. The smallest absolute Gasteiger partial charge is 0.229 e. The van der Waals surface area contributed by atoms with Crippen molar-refractivity contribution in [1.82, 2.24) is 9.80 Å². The van der Waals surface area contributed by atoms with Gasteiger partial charge in [-0.15, -0.1) is 0 Å². The molecule has 2 saturated heterocycles. The second kappa shape index (κ2) is 11.9. The Morgan fingerprint density at radius 3 is 2.17 bits per heavy atom. The molecular formula is C42H70N2O4. The molecule has 0 aromatic rings. The minimum Gasteiger partial charge on any atom is -0.393 e. The van der Waals surface area contributed by atoms with E-state index in [-0.39, 0.29) is 28.5 Å². The lowest BCUT2D eigenvalue weighted by atomic mass is 9.32. The second-order valence-electron chi connectivity index (χ2n) is 20.3. The minimum absolute atomic E-state index is 0.00142. The molecule has 1 amide bonds. The third-order valence-corrected chi connectivity index (χ3v) is 18.4. The molecule has 272 valence electrons. The Hall–Kier alpha value is -0.690. The molecule has 0 aromatic heterocycles. The van der Waals surface area contributed by atoms with Crippen LogP contribution < -0.4 is 0 Å². The minimum atomic E-state index is -0.168. The Kier molecular flexibility index (Phi) is 8.54. The maximum Gasteiger partial charge on any atom is 0.229 e. The van der Waals surface area contributed by atoms with Gasteiger partial charge < -0.3 is 19.5 Å². The highest BCUT2D eigenvalue weighted by molar-refractivity contribution is 5.84. The largest absolute Gasteiger partial charge is 0.393 e. The number of piperidine rings is 1. The third-order valence-electron chi connectivity index (χ3n) is 18.4. The highest BCUT2D eigenvalue weighted by atomic mass is 16.5. The fourth-order valence-electron chi connectivity index (χ4n) is 15.0. The van der Waals surface area contributed by atoms with Crippen molar-refractivity contribution in [3.63, 3.8) is 0 Å². The van der Waals surface area contributed by atoms with E-state index in [0.717, 1.165) is 90.6 Å². The van der Waals surface area contributed by atoms with Crippen LogP contribution in [0.25, 0.3) is 0 Å². The van der Waals surface area contributed by atoms with Gasteiger partial charge in [0.15, 0.2) is 0 Å². The molecule has 10 atom stereocenters. The average molecular weight is 667 g/mol. The summed E-state index contributed by atoms with van der Waals surface area (Å²) in [7, 11) is 0. The van der Waals surface area contributed by atoms with E-state index in [9.17, 15) is 5.11 Å². The lowest BCUT2D eigenvalue weighted by molar-refractivity contribution is -0.249. The first kappa shape index (κ1) is 34.4. The van der Waals surface area contributed by atoms with Gasteiger partial charge in [0, 0.05) is 32.7 Å². The Morgan fingerprint density at radius 1 is 0.729 bits per heavy atom. The van der Waals surface area contributed by atoms with Gasteiger partial charge in [0.1, 0.15) is 0 Å². The molecule has 2 heterocycles. The summed E-state index contributed by atoms with van der Waals surface area (Å²) in [5, 5.41) is 11.1. The zero-order valence-electron chi connectivity index (χ0n) is 31.7. The summed E-state index contributed by atoms with van der Waals surface area (Å²) >= 11 is 0. The summed E-state index contributed by atoms with van der Waals surface area (Å²) < 4.78 is 11.9. The zero-order valence-corrected chi connectivity index (χ0v) is 31.7. The van der Waals surface area contributed by atoms with Gasteiger partial charge >= 0.3 is 0 Å². The van der Waals surface area contributed by atoms with Crippen LogP contribution in [0.1, 0.15) is 131 Å². The monoisotopic (exact) mass is 667 g/mol. The van der Waals surface area contributed by atoms with Gasteiger partial charge in [0.05, 0.1) is 37.4 Å². The molecule has 8 rings (SSSR count). The number of amides is 1. The number of carbonyl (C=O) groups is 1. The Morgan fingerprint density at radius 2 is 1.46 bits per heavy atom. The van der Waals surface area contributed by atoms with Gasteiger partial charge in [-0.3, -0.25) is 9.69 Å². The molecule has 8 fully saturated rings. The number of rotatable bonds is 6. The number of morpholine rings is 1. The van der Waals surface area contributed by atoms with Crippen molar-refractivity contribution in [3.8, 4) is 0 Å². The summed E-state index contributed by atoms with van der Waals surface area (Å²) in [5.74, 6) is 3.78. The van der Waals surface area contributed by atoms with Crippen molar-refractivity contribution in [2.24, 2.45) is 62.1 Å². The number of hydrogen-bond acceptors (Lipinski definition) is 5. The number of fused-ring (bicyclic) bond motifs is 7. The van der Waals surface area contributed by atoms with Gasteiger partial charge in [-0.1, -0.05) is 41.5 Å². The van der Waals surface area contributed by atoms with Gasteiger partial charge in [-0.2, -0.15) is 0 Å². The lowest BCUT2D eigenvalue weighted by Crippen LogP contribution is -2.67. The van der Waals surface area contributed by atoms with Crippen molar-refractivity contribution >= 4 is 5.91 Å². The van der Waals surface area contributed by atoms with Gasteiger partial charge in [-0.25, -0.2) is 0 Å². The second-order valence-corrected chi connectivity index (χ2v) is 20.3. The predicted molar refractivity (Wildman–Crippen MR) is 190 cm³/mol. The normalized spacial score (nSPS) is 48.6. The molecule has 0 bridgehead atoms. The van der Waals surface area contributed by atoms with Gasteiger partial charge in [0.25, 0.3) is 0 Å². The number of likely N-dealkylation sites (tertiary alicyclic amines) is 1. The first-order chi connectivity index (χ1) is 22.8. The van der Waals surface area contributed by atoms with Crippen molar-refractivity contribution in [2.75, 3.05) is 52.5 Å². The van der Waals surface area contributed by atoms with Crippen LogP contribution in [0, 0.1) is 62.1 Å². The molecule has 1 N–H and O–H groups in total. The average Bonchev–Trinajstić information content (AvgIpc) is 3.69. The fourth-order valence-corrected chi connectivity index (χ4v) is 15.0. The first-order valence-electron chi connectivity index (χ1n) is 20.7. The van der Waals surface area contributed by atoms with E-state index in [2.05, 4.69) is 51.3 Å². The van der Waals surface area contributed by atoms with Crippen molar-refractivity contribution < 1.29 is 19.4 Å². The van der Waals surface area contributed by atoms with Crippen molar-refractivity contribution in [1.29, 1.82) is 0 Å². The topological polar surface area (TPSA) is 62.2 Å². The number of aliphatic hydroxyl groups excluding tert-OH is 1. The van der Waals surface area contributed by atoms with Crippen LogP contribution in [-0.2, 0) is 14.3 Å². The maximum atomic E-state index is 15.1. The van der Waals surface area contributed by atoms with Crippen LogP contribution in [0.4, 0.5) is 0 Å². The molecule has 0 spiro atoms.